The molecule has 2 saturated heterocycles. The monoisotopic (exact) mass is 396 g/mol. The van der Waals surface area contributed by atoms with E-state index in [1.54, 1.807) is 14.2 Å². The van der Waals surface area contributed by atoms with E-state index in [-0.39, 0.29) is 5.75 Å². The molecule has 3 aliphatic rings. The van der Waals surface area contributed by atoms with Gasteiger partial charge >= 0.3 is 0 Å². The molecule has 1 aromatic carbocycles. The lowest BCUT2D eigenvalue weighted by atomic mass is 9.98. The van der Waals surface area contributed by atoms with Crippen LogP contribution >= 0.6 is 0 Å². The van der Waals surface area contributed by atoms with Crippen molar-refractivity contribution in [3.8, 4) is 17.2 Å². The summed E-state index contributed by atoms with van der Waals surface area (Å²) in [6, 6.07) is 4.64. The molecule has 0 radical (unpaired) electrons. The Balaban J connectivity index is 1.41. The molecule has 2 fully saturated rings. The molecule has 5 rings (SSSR count). The van der Waals surface area contributed by atoms with E-state index < -0.39 is 0 Å². The highest BCUT2D eigenvalue weighted by molar-refractivity contribution is 5.53. The molecule has 7 heteroatoms. The van der Waals surface area contributed by atoms with Gasteiger partial charge in [0.25, 0.3) is 0 Å². The van der Waals surface area contributed by atoms with Crippen LogP contribution in [0.5, 0.6) is 17.2 Å². The molecule has 0 saturated carbocycles. The number of fused-ring (bicyclic) bond motifs is 4. The SMILES string of the molecule is COc1cc(CN2C3CCC2c2cnc(N4CCCC4)nc2C3)cc(OC)c1O. The van der Waals surface area contributed by atoms with Gasteiger partial charge in [-0.2, -0.15) is 0 Å². The van der Waals surface area contributed by atoms with Crippen LogP contribution in [-0.2, 0) is 13.0 Å². The summed E-state index contributed by atoms with van der Waals surface area (Å²) in [6.07, 6.45) is 7.82. The van der Waals surface area contributed by atoms with Crippen molar-refractivity contribution in [2.45, 2.75) is 50.7 Å². The Hall–Kier alpha value is -2.54. The van der Waals surface area contributed by atoms with Gasteiger partial charge in [-0.25, -0.2) is 9.97 Å². The van der Waals surface area contributed by atoms with E-state index in [0.29, 0.717) is 23.6 Å². The minimum absolute atomic E-state index is 0.0496. The van der Waals surface area contributed by atoms with Crippen molar-refractivity contribution in [1.29, 1.82) is 0 Å². The minimum Gasteiger partial charge on any atom is -0.502 e. The molecule has 0 aliphatic carbocycles. The summed E-state index contributed by atoms with van der Waals surface area (Å²) in [5.41, 5.74) is 3.58. The number of rotatable bonds is 5. The first-order valence-electron chi connectivity index (χ1n) is 10.5. The number of aromatic nitrogens is 2. The third-order valence-electron chi connectivity index (χ3n) is 6.61. The maximum atomic E-state index is 10.2. The molecule has 29 heavy (non-hydrogen) atoms. The second kappa shape index (κ2) is 7.37. The van der Waals surface area contributed by atoms with Crippen molar-refractivity contribution in [2.24, 2.45) is 0 Å². The predicted molar refractivity (Wildman–Crippen MR) is 110 cm³/mol. The minimum atomic E-state index is 0.0496. The highest BCUT2D eigenvalue weighted by Gasteiger charge is 2.41. The van der Waals surface area contributed by atoms with Crippen LogP contribution in [0.25, 0.3) is 0 Å². The molecule has 2 atom stereocenters. The van der Waals surface area contributed by atoms with Crippen molar-refractivity contribution in [3.63, 3.8) is 0 Å². The molecule has 7 nitrogen and oxygen atoms in total. The Labute approximate surface area is 171 Å². The van der Waals surface area contributed by atoms with Crippen molar-refractivity contribution in [1.82, 2.24) is 14.9 Å². The molecule has 2 bridgehead atoms. The van der Waals surface area contributed by atoms with E-state index in [1.807, 2.05) is 12.1 Å². The van der Waals surface area contributed by atoms with Crippen LogP contribution in [0.4, 0.5) is 5.95 Å². The molecule has 3 aliphatic heterocycles. The predicted octanol–water partition coefficient (Wildman–Crippen LogP) is 3.06. The van der Waals surface area contributed by atoms with Gasteiger partial charge in [0.2, 0.25) is 11.7 Å². The van der Waals surface area contributed by atoms with Gasteiger partial charge in [-0.05, 0) is 43.4 Å². The van der Waals surface area contributed by atoms with Crippen molar-refractivity contribution < 1.29 is 14.6 Å². The summed E-state index contributed by atoms with van der Waals surface area (Å²) in [5.74, 6) is 1.85. The van der Waals surface area contributed by atoms with Crippen molar-refractivity contribution in [2.75, 3.05) is 32.2 Å². The van der Waals surface area contributed by atoms with Gasteiger partial charge in [-0.3, -0.25) is 4.90 Å². The van der Waals surface area contributed by atoms with Crippen molar-refractivity contribution in [3.05, 3.63) is 35.2 Å². The number of methoxy groups -OCH3 is 2. The number of phenolic OH excluding ortho intramolecular Hbond substituents is 1. The normalized spacial score (nSPS) is 23.3. The van der Waals surface area contributed by atoms with Crippen molar-refractivity contribution >= 4 is 5.95 Å². The summed E-state index contributed by atoms with van der Waals surface area (Å²) in [7, 11) is 3.13. The van der Waals surface area contributed by atoms with E-state index >= 15 is 0 Å². The smallest absolute Gasteiger partial charge is 0.225 e. The second-order valence-electron chi connectivity index (χ2n) is 8.24. The fourth-order valence-corrected chi connectivity index (χ4v) is 5.13. The molecule has 1 aromatic heterocycles. The lowest BCUT2D eigenvalue weighted by molar-refractivity contribution is 0.165. The van der Waals surface area contributed by atoms with Crippen LogP contribution in [0.3, 0.4) is 0 Å². The van der Waals surface area contributed by atoms with Gasteiger partial charge in [0.1, 0.15) is 0 Å². The molecule has 0 amide bonds. The molecule has 0 spiro atoms. The Kier molecular flexibility index (Phi) is 4.70. The molecule has 2 aromatic rings. The van der Waals surface area contributed by atoms with Crippen LogP contribution < -0.4 is 14.4 Å². The van der Waals surface area contributed by atoms with Crippen LogP contribution in [0.1, 0.15) is 48.5 Å². The fourth-order valence-electron chi connectivity index (χ4n) is 5.13. The van der Waals surface area contributed by atoms with Gasteiger partial charge in [-0.15, -0.1) is 0 Å². The Morgan fingerprint density at radius 3 is 2.52 bits per heavy atom. The van der Waals surface area contributed by atoms with E-state index in [1.165, 1.54) is 30.5 Å². The van der Waals surface area contributed by atoms with Gasteiger partial charge in [0.15, 0.2) is 11.5 Å². The molecule has 2 unspecified atom stereocenters. The summed E-state index contributed by atoms with van der Waals surface area (Å²) < 4.78 is 10.7. The topological polar surface area (TPSA) is 71.0 Å². The zero-order chi connectivity index (χ0) is 20.0. The van der Waals surface area contributed by atoms with Crippen LogP contribution in [0, 0.1) is 0 Å². The summed E-state index contributed by atoms with van der Waals surface area (Å²) in [6.45, 7) is 2.93. The highest BCUT2D eigenvalue weighted by Crippen LogP contribution is 2.45. The number of benzene rings is 1. The lowest BCUT2D eigenvalue weighted by Crippen LogP contribution is -2.38. The summed E-state index contributed by atoms with van der Waals surface area (Å²) >= 11 is 0. The number of anilines is 1. The van der Waals surface area contributed by atoms with E-state index in [0.717, 1.165) is 44.0 Å². The van der Waals surface area contributed by atoms with Crippen LogP contribution in [0.2, 0.25) is 0 Å². The number of hydrogen-bond donors (Lipinski definition) is 1. The average molecular weight is 396 g/mol. The van der Waals surface area contributed by atoms with E-state index in [9.17, 15) is 5.11 Å². The van der Waals surface area contributed by atoms with Gasteiger partial charge in [0.05, 0.1) is 19.9 Å². The molecular formula is C22H28N4O3. The third kappa shape index (κ3) is 3.17. The largest absolute Gasteiger partial charge is 0.502 e. The first-order chi connectivity index (χ1) is 14.2. The van der Waals surface area contributed by atoms with Crippen LogP contribution in [-0.4, -0.2) is 53.3 Å². The van der Waals surface area contributed by atoms with E-state index in [2.05, 4.69) is 16.0 Å². The first kappa shape index (κ1) is 18.5. The Bertz CT molecular complexity index is 888. The maximum absolute atomic E-state index is 10.2. The third-order valence-corrected chi connectivity index (χ3v) is 6.61. The Morgan fingerprint density at radius 2 is 1.83 bits per heavy atom. The molecule has 1 N–H and O–H groups in total. The average Bonchev–Trinajstić information content (AvgIpc) is 3.36. The van der Waals surface area contributed by atoms with Crippen LogP contribution in [0.15, 0.2) is 18.3 Å². The second-order valence-corrected chi connectivity index (χ2v) is 8.24. The number of hydrogen-bond acceptors (Lipinski definition) is 7. The maximum Gasteiger partial charge on any atom is 0.225 e. The zero-order valence-electron chi connectivity index (χ0n) is 17.1. The fraction of sp³-hybridized carbons (Fsp3) is 0.545. The van der Waals surface area contributed by atoms with Gasteiger partial charge in [-0.1, -0.05) is 0 Å². The highest BCUT2D eigenvalue weighted by atomic mass is 16.5. The quantitative estimate of drug-likeness (QED) is 0.833. The lowest BCUT2D eigenvalue weighted by Gasteiger charge is -2.36. The summed E-state index contributed by atoms with van der Waals surface area (Å²) in [5, 5.41) is 10.2. The Morgan fingerprint density at radius 1 is 1.10 bits per heavy atom. The van der Waals surface area contributed by atoms with Gasteiger partial charge < -0.3 is 19.5 Å². The molecule has 154 valence electrons. The van der Waals surface area contributed by atoms with E-state index in [4.69, 9.17) is 19.4 Å². The standard InChI is InChI=1S/C22H28N4O3/c1-28-19-9-14(10-20(29-2)21(19)27)13-26-15-5-6-18(26)16-12-23-22(24-17(16)11-15)25-7-3-4-8-25/h9-10,12,15,18,27H,3-8,11,13H2,1-2H3. The number of phenols is 1. The molecule has 4 heterocycles. The first-order valence-corrected chi connectivity index (χ1v) is 10.5. The molecular weight excluding hydrogens is 368 g/mol. The summed E-state index contributed by atoms with van der Waals surface area (Å²) in [4.78, 5) is 14.5. The number of nitrogens with zero attached hydrogens (tertiary/aromatic N) is 4. The number of aromatic hydroxyl groups is 1. The zero-order valence-corrected chi connectivity index (χ0v) is 17.1. The number of ether oxygens (including phenoxy) is 2. The van der Waals surface area contributed by atoms with Gasteiger partial charge in [0, 0.05) is 49.9 Å².